The van der Waals surface area contributed by atoms with E-state index in [1.54, 1.807) is 12.1 Å². The molecule has 0 radical (unpaired) electrons. The summed E-state index contributed by atoms with van der Waals surface area (Å²) in [7, 11) is 0. The molecule has 106 valence electrons. The van der Waals surface area contributed by atoms with E-state index in [-0.39, 0.29) is 11.9 Å². The molecule has 2 rings (SSSR count). The summed E-state index contributed by atoms with van der Waals surface area (Å²) in [5, 5.41) is 4.22. The van der Waals surface area contributed by atoms with Gasteiger partial charge in [-0.2, -0.15) is 0 Å². The molecule has 4 heteroatoms. The van der Waals surface area contributed by atoms with Crippen molar-refractivity contribution in [2.45, 2.75) is 25.9 Å². The summed E-state index contributed by atoms with van der Waals surface area (Å²) in [5.41, 5.74) is 2.21. The normalized spacial score (nSPS) is 12.4. The molecule has 0 aromatic heterocycles. The van der Waals surface area contributed by atoms with Crippen LogP contribution in [0.5, 0.6) is 0 Å². The van der Waals surface area contributed by atoms with E-state index in [1.807, 2.05) is 18.2 Å². The summed E-state index contributed by atoms with van der Waals surface area (Å²) in [5.74, 6) is -0.240. The van der Waals surface area contributed by atoms with Crippen molar-refractivity contribution in [1.82, 2.24) is 5.32 Å². The molecule has 0 amide bonds. The number of halogens is 3. The summed E-state index contributed by atoms with van der Waals surface area (Å²) in [6, 6.07) is 13.2. The van der Waals surface area contributed by atoms with Crippen molar-refractivity contribution in [2.75, 3.05) is 0 Å². The standard InChI is InChI=1S/C16H16BrClFN/c1-2-16(12-4-3-5-13(18)9-12)20-10-11-6-7-15(19)14(17)8-11/h3-9,16,20H,2,10H2,1H3. The second kappa shape index (κ2) is 7.21. The monoisotopic (exact) mass is 355 g/mol. The number of hydrogen-bond acceptors (Lipinski definition) is 1. The summed E-state index contributed by atoms with van der Waals surface area (Å²) in [4.78, 5) is 0. The molecule has 0 aliphatic carbocycles. The third kappa shape index (κ3) is 4.05. The van der Waals surface area contributed by atoms with Gasteiger partial charge in [-0.25, -0.2) is 4.39 Å². The number of hydrogen-bond donors (Lipinski definition) is 1. The first-order valence-electron chi connectivity index (χ1n) is 6.53. The van der Waals surface area contributed by atoms with E-state index >= 15 is 0 Å². The van der Waals surface area contributed by atoms with Crippen molar-refractivity contribution < 1.29 is 4.39 Å². The zero-order chi connectivity index (χ0) is 14.5. The lowest BCUT2D eigenvalue weighted by Crippen LogP contribution is -2.20. The van der Waals surface area contributed by atoms with E-state index in [4.69, 9.17) is 11.6 Å². The van der Waals surface area contributed by atoms with Crippen LogP contribution in [-0.2, 0) is 6.54 Å². The van der Waals surface area contributed by atoms with Gasteiger partial charge in [-0.05, 0) is 57.7 Å². The Hall–Kier alpha value is -0.900. The molecule has 0 fully saturated rings. The van der Waals surface area contributed by atoms with Crippen LogP contribution >= 0.6 is 27.5 Å². The maximum absolute atomic E-state index is 13.2. The van der Waals surface area contributed by atoms with Crippen LogP contribution in [0.2, 0.25) is 5.02 Å². The van der Waals surface area contributed by atoms with E-state index in [1.165, 1.54) is 11.6 Å². The molecule has 0 saturated heterocycles. The quantitative estimate of drug-likeness (QED) is 0.747. The second-order valence-corrected chi connectivity index (χ2v) is 5.94. The first kappa shape index (κ1) is 15.5. The van der Waals surface area contributed by atoms with Gasteiger partial charge in [-0.1, -0.05) is 36.7 Å². The topological polar surface area (TPSA) is 12.0 Å². The van der Waals surface area contributed by atoms with Crippen LogP contribution in [0.15, 0.2) is 46.9 Å². The Morgan fingerprint density at radius 2 is 2.05 bits per heavy atom. The van der Waals surface area contributed by atoms with Gasteiger partial charge < -0.3 is 5.32 Å². The van der Waals surface area contributed by atoms with Crippen molar-refractivity contribution in [3.63, 3.8) is 0 Å². The Morgan fingerprint density at radius 1 is 1.25 bits per heavy atom. The zero-order valence-electron chi connectivity index (χ0n) is 11.2. The fourth-order valence-electron chi connectivity index (χ4n) is 2.11. The van der Waals surface area contributed by atoms with E-state index in [0.29, 0.717) is 11.0 Å². The fourth-order valence-corrected chi connectivity index (χ4v) is 2.74. The van der Waals surface area contributed by atoms with Gasteiger partial charge in [0.25, 0.3) is 0 Å². The van der Waals surface area contributed by atoms with Crippen molar-refractivity contribution in [3.8, 4) is 0 Å². The lowest BCUT2D eigenvalue weighted by Gasteiger charge is -2.18. The molecule has 0 aliphatic heterocycles. The summed E-state index contributed by atoms with van der Waals surface area (Å²) >= 11 is 9.23. The molecule has 20 heavy (non-hydrogen) atoms. The molecule has 0 bridgehead atoms. The molecule has 1 unspecified atom stereocenters. The van der Waals surface area contributed by atoms with Crippen LogP contribution in [0.25, 0.3) is 0 Å². The maximum Gasteiger partial charge on any atom is 0.137 e. The lowest BCUT2D eigenvalue weighted by atomic mass is 10.0. The van der Waals surface area contributed by atoms with E-state index in [0.717, 1.165) is 17.0 Å². The minimum absolute atomic E-state index is 0.234. The maximum atomic E-state index is 13.2. The van der Waals surface area contributed by atoms with E-state index in [9.17, 15) is 4.39 Å². The Morgan fingerprint density at radius 3 is 2.70 bits per heavy atom. The van der Waals surface area contributed by atoms with E-state index in [2.05, 4.69) is 34.2 Å². The first-order chi connectivity index (χ1) is 9.60. The minimum atomic E-state index is -0.240. The van der Waals surface area contributed by atoms with Gasteiger partial charge >= 0.3 is 0 Å². The predicted octanol–water partition coefficient (Wildman–Crippen LogP) is 5.48. The molecule has 1 N–H and O–H groups in total. The van der Waals surface area contributed by atoms with Gasteiger partial charge in [0.15, 0.2) is 0 Å². The van der Waals surface area contributed by atoms with Gasteiger partial charge in [0.05, 0.1) is 4.47 Å². The molecule has 0 aliphatic rings. The molecular weight excluding hydrogens is 341 g/mol. The van der Waals surface area contributed by atoms with Crippen LogP contribution in [0.4, 0.5) is 4.39 Å². The molecule has 2 aromatic carbocycles. The summed E-state index contributed by atoms with van der Waals surface area (Å²) < 4.78 is 13.7. The molecule has 1 nitrogen and oxygen atoms in total. The fraction of sp³-hybridized carbons (Fsp3) is 0.250. The SMILES string of the molecule is CCC(NCc1ccc(F)c(Br)c1)c1cccc(Cl)c1. The largest absolute Gasteiger partial charge is 0.306 e. The Kier molecular flexibility index (Phi) is 5.58. The van der Waals surface area contributed by atoms with Crippen LogP contribution < -0.4 is 5.32 Å². The molecular formula is C16H16BrClFN. The zero-order valence-corrected chi connectivity index (χ0v) is 13.5. The van der Waals surface area contributed by atoms with Crippen LogP contribution in [-0.4, -0.2) is 0 Å². The highest BCUT2D eigenvalue weighted by Gasteiger charge is 2.09. The Bertz CT molecular complexity index is 588. The highest BCUT2D eigenvalue weighted by Crippen LogP contribution is 2.22. The molecule has 0 heterocycles. The van der Waals surface area contributed by atoms with Crippen molar-refractivity contribution >= 4 is 27.5 Å². The third-order valence-corrected chi connectivity index (χ3v) is 4.04. The van der Waals surface area contributed by atoms with Crippen molar-refractivity contribution in [2.24, 2.45) is 0 Å². The third-order valence-electron chi connectivity index (χ3n) is 3.20. The van der Waals surface area contributed by atoms with Gasteiger partial charge in [0.1, 0.15) is 5.82 Å². The Labute approximate surface area is 132 Å². The highest BCUT2D eigenvalue weighted by atomic mass is 79.9. The number of nitrogens with one attached hydrogen (secondary N) is 1. The van der Waals surface area contributed by atoms with Crippen LogP contribution in [0.1, 0.15) is 30.5 Å². The summed E-state index contributed by atoms with van der Waals surface area (Å²) in [6.45, 7) is 2.81. The first-order valence-corrected chi connectivity index (χ1v) is 7.70. The minimum Gasteiger partial charge on any atom is -0.306 e. The lowest BCUT2D eigenvalue weighted by molar-refractivity contribution is 0.518. The molecule has 2 aromatic rings. The average molecular weight is 357 g/mol. The Balaban J connectivity index is 2.05. The van der Waals surface area contributed by atoms with Gasteiger partial charge in [-0.15, -0.1) is 0 Å². The number of benzene rings is 2. The average Bonchev–Trinajstić information content (AvgIpc) is 2.43. The van der Waals surface area contributed by atoms with Crippen LogP contribution in [0, 0.1) is 5.82 Å². The van der Waals surface area contributed by atoms with E-state index < -0.39 is 0 Å². The smallest absolute Gasteiger partial charge is 0.137 e. The summed E-state index contributed by atoms with van der Waals surface area (Å²) in [6.07, 6.45) is 0.961. The highest BCUT2D eigenvalue weighted by molar-refractivity contribution is 9.10. The van der Waals surface area contributed by atoms with Gasteiger partial charge in [-0.3, -0.25) is 0 Å². The van der Waals surface area contributed by atoms with Gasteiger partial charge in [0.2, 0.25) is 0 Å². The van der Waals surface area contributed by atoms with Crippen LogP contribution in [0.3, 0.4) is 0 Å². The van der Waals surface area contributed by atoms with Crippen molar-refractivity contribution in [1.29, 1.82) is 0 Å². The molecule has 0 spiro atoms. The predicted molar refractivity (Wildman–Crippen MR) is 85.4 cm³/mol. The van der Waals surface area contributed by atoms with Crippen molar-refractivity contribution in [3.05, 3.63) is 68.9 Å². The van der Waals surface area contributed by atoms with Gasteiger partial charge in [0, 0.05) is 17.6 Å². The number of rotatable bonds is 5. The molecule has 1 atom stereocenters. The second-order valence-electron chi connectivity index (χ2n) is 4.65. The molecule has 0 saturated carbocycles.